The van der Waals surface area contributed by atoms with Crippen LogP contribution in [0.2, 0.25) is 0 Å². The summed E-state index contributed by atoms with van der Waals surface area (Å²) in [5.41, 5.74) is 6.33. The largest absolute Gasteiger partial charge is 0.550 e. The maximum Gasteiger partial charge on any atom is 0.303 e. The van der Waals surface area contributed by atoms with Gasteiger partial charge in [0.15, 0.2) is 0 Å². The van der Waals surface area contributed by atoms with Crippen molar-refractivity contribution in [2.24, 2.45) is 0 Å². The Balaban J connectivity index is 0.000000416. The van der Waals surface area contributed by atoms with Crippen LogP contribution in [-0.4, -0.2) is 42.2 Å². The van der Waals surface area contributed by atoms with Gasteiger partial charge in [0.05, 0.1) is 26.6 Å². The molecule has 7 heteroatoms. The Hall–Kier alpha value is -2.80. The fourth-order valence-corrected chi connectivity index (χ4v) is 2.99. The average Bonchev–Trinajstić information content (AvgIpc) is 2.94. The Kier molecular flexibility index (Phi) is 9.24. The lowest BCUT2D eigenvalue weighted by atomic mass is 10.0. The number of ether oxygens (including phenoxy) is 1. The van der Waals surface area contributed by atoms with E-state index >= 15 is 0 Å². The second kappa shape index (κ2) is 11.1. The molecule has 1 aromatic carbocycles. The quantitative estimate of drug-likeness (QED) is 0.437. The summed E-state index contributed by atoms with van der Waals surface area (Å²) in [6, 6.07) is 4.14. The highest BCUT2D eigenvalue weighted by atomic mass is 16.5. The summed E-state index contributed by atoms with van der Waals surface area (Å²) in [6.07, 6.45) is 0.296. The maximum absolute atomic E-state index is 9.61. The van der Waals surface area contributed by atoms with Crippen LogP contribution in [0.1, 0.15) is 36.6 Å². The number of nitrogens with one attached hydrogen (secondary N) is 1. The molecule has 0 atom stereocenters. The first-order chi connectivity index (χ1) is 13.2. The lowest BCUT2D eigenvalue weighted by molar-refractivity contribution is -0.647. The molecule has 0 saturated heterocycles. The number of aryl methyl sites for hydroxylation is 2. The molecule has 28 heavy (non-hydrogen) atoms. The number of carbonyl (C=O) groups is 2. The van der Waals surface area contributed by atoms with E-state index in [4.69, 9.17) is 9.84 Å². The van der Waals surface area contributed by atoms with E-state index in [1.165, 1.54) is 33.3 Å². The van der Waals surface area contributed by atoms with Gasteiger partial charge in [-0.25, -0.2) is 0 Å². The van der Waals surface area contributed by atoms with Crippen LogP contribution >= 0.6 is 0 Å². The SMILES string of the molecule is C=C(C)C[NH2+]CCc1c(C)[nH]c2ccc(OC)c(C)c12.O=C([O-])CCC(=O)O. The summed E-state index contributed by atoms with van der Waals surface area (Å²) in [5, 5.41) is 21.0. The van der Waals surface area contributed by atoms with Crippen molar-refractivity contribution < 1.29 is 29.9 Å². The van der Waals surface area contributed by atoms with Crippen molar-refractivity contribution in [2.45, 2.75) is 40.0 Å². The molecule has 0 saturated carbocycles. The average molecular weight is 390 g/mol. The minimum Gasteiger partial charge on any atom is -0.550 e. The van der Waals surface area contributed by atoms with E-state index < -0.39 is 18.4 Å². The van der Waals surface area contributed by atoms with Crippen molar-refractivity contribution in [3.8, 4) is 5.75 Å². The molecule has 2 rings (SSSR count). The zero-order valence-corrected chi connectivity index (χ0v) is 17.1. The molecule has 0 unspecified atom stereocenters. The third kappa shape index (κ3) is 7.08. The molecule has 0 radical (unpaired) electrons. The predicted octanol–water partition coefficient (Wildman–Crippen LogP) is 1.08. The number of hydrogen-bond donors (Lipinski definition) is 3. The second-order valence-electron chi connectivity index (χ2n) is 6.80. The third-order valence-corrected chi connectivity index (χ3v) is 4.35. The predicted molar refractivity (Wildman–Crippen MR) is 106 cm³/mol. The van der Waals surface area contributed by atoms with Gasteiger partial charge in [0.1, 0.15) is 5.75 Å². The van der Waals surface area contributed by atoms with Gasteiger partial charge in [-0.1, -0.05) is 6.58 Å². The number of fused-ring (bicyclic) bond motifs is 1. The third-order valence-electron chi connectivity index (χ3n) is 4.35. The number of carboxylic acids is 2. The molecule has 0 spiro atoms. The molecule has 0 amide bonds. The highest BCUT2D eigenvalue weighted by Crippen LogP contribution is 2.31. The number of hydrogen-bond acceptors (Lipinski definition) is 4. The summed E-state index contributed by atoms with van der Waals surface area (Å²) in [7, 11) is 1.73. The number of quaternary nitrogens is 1. The molecule has 154 valence electrons. The van der Waals surface area contributed by atoms with Crippen molar-refractivity contribution >= 4 is 22.8 Å². The number of H-pyrrole nitrogens is 1. The minimum atomic E-state index is -1.33. The lowest BCUT2D eigenvalue weighted by Gasteiger charge is -2.08. The zero-order chi connectivity index (χ0) is 21.3. The number of aromatic amines is 1. The van der Waals surface area contributed by atoms with E-state index in [1.54, 1.807) is 7.11 Å². The Labute approximate surface area is 165 Å². The number of nitrogens with two attached hydrogens (primary N) is 1. The van der Waals surface area contributed by atoms with Gasteiger partial charge in [0.2, 0.25) is 0 Å². The van der Waals surface area contributed by atoms with Crippen LogP contribution in [-0.2, 0) is 16.0 Å². The summed E-state index contributed by atoms with van der Waals surface area (Å²) in [6.45, 7) is 12.4. The van der Waals surface area contributed by atoms with E-state index in [9.17, 15) is 14.7 Å². The molecule has 2 aromatic rings. The van der Waals surface area contributed by atoms with E-state index in [1.807, 2.05) is 6.07 Å². The molecule has 7 nitrogen and oxygen atoms in total. The van der Waals surface area contributed by atoms with Crippen LogP contribution in [0.15, 0.2) is 24.3 Å². The summed E-state index contributed by atoms with van der Waals surface area (Å²) in [5.74, 6) is -1.48. The van der Waals surface area contributed by atoms with E-state index in [0.717, 1.165) is 25.3 Å². The van der Waals surface area contributed by atoms with E-state index in [0.29, 0.717) is 0 Å². The fourth-order valence-electron chi connectivity index (χ4n) is 2.99. The van der Waals surface area contributed by atoms with E-state index in [-0.39, 0.29) is 6.42 Å². The Bertz CT molecular complexity index is 825. The molecule has 4 N–H and O–H groups in total. The first-order valence-corrected chi connectivity index (χ1v) is 9.19. The van der Waals surface area contributed by atoms with Gasteiger partial charge in [-0.15, -0.1) is 0 Å². The second-order valence-corrected chi connectivity index (χ2v) is 6.80. The van der Waals surface area contributed by atoms with Crippen LogP contribution in [0, 0.1) is 13.8 Å². The summed E-state index contributed by atoms with van der Waals surface area (Å²) < 4.78 is 5.44. The summed E-state index contributed by atoms with van der Waals surface area (Å²) in [4.78, 5) is 22.6. The van der Waals surface area contributed by atoms with E-state index in [2.05, 4.69) is 43.7 Å². The first-order valence-electron chi connectivity index (χ1n) is 9.19. The zero-order valence-electron chi connectivity index (χ0n) is 17.1. The fraction of sp³-hybridized carbons (Fsp3) is 0.429. The van der Waals surface area contributed by atoms with Crippen LogP contribution < -0.4 is 15.2 Å². The van der Waals surface area contributed by atoms with Gasteiger partial charge in [-0.2, -0.15) is 0 Å². The molecule has 1 heterocycles. The minimum absolute atomic E-state index is 0.359. The Morgan fingerprint density at radius 3 is 2.46 bits per heavy atom. The topological polar surface area (TPSA) is 119 Å². The lowest BCUT2D eigenvalue weighted by Crippen LogP contribution is -2.85. The highest BCUT2D eigenvalue weighted by Gasteiger charge is 2.13. The van der Waals surface area contributed by atoms with Gasteiger partial charge in [0, 0.05) is 34.6 Å². The van der Waals surface area contributed by atoms with Gasteiger partial charge in [-0.05, 0) is 50.5 Å². The number of methoxy groups -OCH3 is 1. The van der Waals surface area contributed by atoms with Gasteiger partial charge < -0.3 is 30.0 Å². The van der Waals surface area contributed by atoms with Crippen LogP contribution in [0.5, 0.6) is 5.75 Å². The maximum atomic E-state index is 9.61. The normalized spacial score (nSPS) is 10.3. The number of aromatic nitrogens is 1. The van der Waals surface area contributed by atoms with Crippen LogP contribution in [0.3, 0.4) is 0 Å². The van der Waals surface area contributed by atoms with Gasteiger partial charge in [-0.3, -0.25) is 4.79 Å². The molecule has 0 aliphatic rings. The first kappa shape index (κ1) is 23.2. The molecule has 0 aliphatic carbocycles. The molecular formula is C21H30N2O5. The van der Waals surface area contributed by atoms with Crippen LogP contribution in [0.4, 0.5) is 0 Å². The molecule has 0 aliphatic heterocycles. The number of rotatable bonds is 9. The van der Waals surface area contributed by atoms with Crippen molar-refractivity contribution in [1.29, 1.82) is 0 Å². The number of carboxylic acid groups (broad SMARTS) is 2. The molecular weight excluding hydrogens is 360 g/mol. The Morgan fingerprint density at radius 2 is 1.96 bits per heavy atom. The number of carbonyl (C=O) groups excluding carboxylic acids is 1. The van der Waals surface area contributed by atoms with Crippen molar-refractivity contribution in [3.05, 3.63) is 41.1 Å². The standard InChI is InChI=1S/C17H24N2O.C4H6O4/c1-11(2)10-18-9-8-14-13(4)19-15-6-7-16(20-5)12(3)17(14)15;5-3(6)1-2-4(7)8/h6-7,18-19H,1,8-10H2,2-5H3;1-2H2,(H,5,6)(H,7,8). The Morgan fingerprint density at radius 1 is 1.29 bits per heavy atom. The highest BCUT2D eigenvalue weighted by molar-refractivity contribution is 5.89. The smallest absolute Gasteiger partial charge is 0.303 e. The molecule has 0 fully saturated rings. The number of aliphatic carboxylic acids is 2. The molecule has 0 bridgehead atoms. The van der Waals surface area contributed by atoms with Crippen LogP contribution in [0.25, 0.3) is 10.9 Å². The molecule has 1 aromatic heterocycles. The van der Waals surface area contributed by atoms with Gasteiger partial charge in [0.25, 0.3) is 0 Å². The van der Waals surface area contributed by atoms with Crippen molar-refractivity contribution in [1.82, 2.24) is 4.98 Å². The monoisotopic (exact) mass is 390 g/mol. The van der Waals surface area contributed by atoms with Crippen molar-refractivity contribution in [3.63, 3.8) is 0 Å². The van der Waals surface area contributed by atoms with Crippen molar-refractivity contribution in [2.75, 3.05) is 20.2 Å². The number of benzene rings is 1. The van der Waals surface area contributed by atoms with Gasteiger partial charge >= 0.3 is 5.97 Å². The summed E-state index contributed by atoms with van der Waals surface area (Å²) >= 11 is 0.